The molecule has 0 fully saturated rings. The number of benzene rings is 9. The largest absolute Gasteiger partial charge is 0.457 e. The molecule has 0 amide bonds. The molecule has 0 N–H and O–H groups in total. The van der Waals surface area contributed by atoms with Crippen LogP contribution in [0.3, 0.4) is 0 Å². The molecule has 5 heteroatoms. The molecule has 310 valence electrons. The number of hydrogen-bond acceptors (Lipinski definition) is 4. The van der Waals surface area contributed by atoms with Gasteiger partial charge in [-0.1, -0.05) is 184 Å². The lowest BCUT2D eigenvalue weighted by atomic mass is 9.66. The summed E-state index contributed by atoms with van der Waals surface area (Å²) < 4.78 is 9.09. The van der Waals surface area contributed by atoms with Gasteiger partial charge < -0.3 is 9.30 Å². The van der Waals surface area contributed by atoms with Gasteiger partial charge in [0.25, 0.3) is 0 Å². The molecule has 3 aliphatic rings. The van der Waals surface area contributed by atoms with Crippen LogP contribution in [-0.2, 0) is 10.8 Å². The maximum atomic E-state index is 6.63. The van der Waals surface area contributed by atoms with Crippen LogP contribution in [-0.4, -0.2) is 19.5 Å². The van der Waals surface area contributed by atoms with Gasteiger partial charge >= 0.3 is 0 Å². The van der Waals surface area contributed by atoms with Gasteiger partial charge in [-0.25, -0.2) is 15.0 Å². The molecule has 14 rings (SSSR count). The van der Waals surface area contributed by atoms with Crippen molar-refractivity contribution in [3.8, 4) is 73.6 Å². The molecule has 11 aromatic rings. The quantitative estimate of drug-likeness (QED) is 0.177. The average molecular weight is 845 g/mol. The first kappa shape index (κ1) is 37.0. The Hall–Kier alpha value is -8.41. The highest BCUT2D eigenvalue weighted by Crippen LogP contribution is 2.62. The fraction of sp³-hybridized carbons (Fsp3) is 0.0656. The van der Waals surface area contributed by atoms with Crippen LogP contribution in [0.25, 0.3) is 83.9 Å². The second kappa shape index (κ2) is 13.6. The SMILES string of the molecule is CC1(C)c2ccccc2-c2ccc3c4ccccc4n(-c4cccc(-c5nc(-c6ccccc6)nc(-c6ccc7c(c6)C6(c8ccccc8Oc8ccccc86)c6ccccc6-7)n5)c4)c3c21. The summed E-state index contributed by atoms with van der Waals surface area (Å²) in [5.41, 5.74) is 17.8. The molecule has 3 heterocycles. The highest BCUT2D eigenvalue weighted by molar-refractivity contribution is 6.13. The van der Waals surface area contributed by atoms with E-state index in [1.807, 2.05) is 18.2 Å². The van der Waals surface area contributed by atoms with Crippen LogP contribution < -0.4 is 4.74 Å². The lowest BCUT2D eigenvalue weighted by Gasteiger charge is -2.39. The van der Waals surface area contributed by atoms with Gasteiger partial charge in [-0.05, 0) is 80.9 Å². The number of para-hydroxylation sites is 3. The standard InChI is InChI=1S/C61H40N4O/c1-60(2)47-24-9-6-22-42(47)45-33-34-46-44-23-8-13-28-52(44)65(56(46)55(45)60)40-20-16-19-38(35-40)58-62-57(37-17-4-3-5-18-37)63-59(64-58)39-31-32-43-41-21-7-10-25-48(41)61(51(43)36-39)49-26-11-14-29-53(49)66-54-30-15-12-27-50(54)61/h3-36H,1-2H3. The molecule has 0 saturated carbocycles. The molecule has 0 unspecified atom stereocenters. The average Bonchev–Trinajstić information content (AvgIpc) is 3.95. The summed E-state index contributed by atoms with van der Waals surface area (Å²) in [7, 11) is 0. The van der Waals surface area contributed by atoms with Gasteiger partial charge in [-0.3, -0.25) is 0 Å². The molecule has 0 atom stereocenters. The van der Waals surface area contributed by atoms with E-state index in [4.69, 9.17) is 19.7 Å². The van der Waals surface area contributed by atoms with Gasteiger partial charge in [0.2, 0.25) is 0 Å². The highest BCUT2D eigenvalue weighted by atomic mass is 16.5. The predicted molar refractivity (Wildman–Crippen MR) is 265 cm³/mol. The lowest BCUT2D eigenvalue weighted by Crippen LogP contribution is -2.32. The molecular formula is C61H40N4O. The molecule has 1 spiro atoms. The Kier molecular flexibility index (Phi) is 7.60. The molecule has 1 aliphatic heterocycles. The molecule has 66 heavy (non-hydrogen) atoms. The van der Waals surface area contributed by atoms with Gasteiger partial charge in [0.15, 0.2) is 17.5 Å². The van der Waals surface area contributed by atoms with E-state index in [1.54, 1.807) is 0 Å². The number of hydrogen-bond donors (Lipinski definition) is 0. The van der Waals surface area contributed by atoms with Gasteiger partial charge in [0, 0.05) is 49.7 Å². The number of ether oxygens (including phenoxy) is 1. The Labute approximate surface area is 382 Å². The Morgan fingerprint density at radius 3 is 1.68 bits per heavy atom. The minimum atomic E-state index is -0.613. The molecule has 0 saturated heterocycles. The highest BCUT2D eigenvalue weighted by Gasteiger charge is 2.51. The van der Waals surface area contributed by atoms with E-state index in [1.165, 1.54) is 60.8 Å². The van der Waals surface area contributed by atoms with Crippen molar-refractivity contribution >= 4 is 21.8 Å². The van der Waals surface area contributed by atoms with Crippen molar-refractivity contribution in [2.75, 3.05) is 0 Å². The fourth-order valence-electron chi connectivity index (χ4n) is 11.7. The number of fused-ring (bicyclic) bond motifs is 16. The van der Waals surface area contributed by atoms with Gasteiger partial charge in [-0.2, -0.15) is 0 Å². The summed E-state index contributed by atoms with van der Waals surface area (Å²) in [5.74, 6) is 3.56. The van der Waals surface area contributed by atoms with Crippen LogP contribution >= 0.6 is 0 Å². The van der Waals surface area contributed by atoms with Crippen molar-refractivity contribution in [3.63, 3.8) is 0 Å². The van der Waals surface area contributed by atoms with Crippen LogP contribution in [0, 0.1) is 0 Å². The topological polar surface area (TPSA) is 52.8 Å². The van der Waals surface area contributed by atoms with E-state index in [0.29, 0.717) is 17.5 Å². The maximum absolute atomic E-state index is 6.63. The summed E-state index contributed by atoms with van der Waals surface area (Å²) in [6.45, 7) is 4.73. The molecule has 0 bridgehead atoms. The first-order chi connectivity index (χ1) is 32.5. The van der Waals surface area contributed by atoms with Crippen molar-refractivity contribution in [3.05, 3.63) is 240 Å². The van der Waals surface area contributed by atoms with Crippen LogP contribution in [0.1, 0.15) is 47.2 Å². The zero-order valence-electron chi connectivity index (χ0n) is 36.3. The molecule has 2 aliphatic carbocycles. The summed E-state index contributed by atoms with van der Waals surface area (Å²) in [6.07, 6.45) is 0. The van der Waals surface area contributed by atoms with Crippen molar-refractivity contribution in [1.82, 2.24) is 19.5 Å². The van der Waals surface area contributed by atoms with E-state index >= 15 is 0 Å². The summed E-state index contributed by atoms with van der Waals surface area (Å²) in [6, 6.07) is 73.8. The van der Waals surface area contributed by atoms with Crippen LogP contribution in [0.2, 0.25) is 0 Å². The Morgan fingerprint density at radius 2 is 0.939 bits per heavy atom. The minimum absolute atomic E-state index is 0.201. The molecular weight excluding hydrogens is 805 g/mol. The van der Waals surface area contributed by atoms with E-state index in [9.17, 15) is 0 Å². The van der Waals surface area contributed by atoms with E-state index in [-0.39, 0.29) is 5.41 Å². The maximum Gasteiger partial charge on any atom is 0.164 e. The summed E-state index contributed by atoms with van der Waals surface area (Å²) >= 11 is 0. The normalized spacial score (nSPS) is 14.3. The van der Waals surface area contributed by atoms with E-state index in [2.05, 4.69) is 206 Å². The third-order valence-electron chi connectivity index (χ3n) is 14.5. The molecule has 2 aromatic heterocycles. The van der Waals surface area contributed by atoms with E-state index in [0.717, 1.165) is 50.5 Å². The third-order valence-corrected chi connectivity index (χ3v) is 14.5. The van der Waals surface area contributed by atoms with Gasteiger partial charge in [-0.15, -0.1) is 0 Å². The molecule has 9 aromatic carbocycles. The third kappa shape index (κ3) is 4.97. The van der Waals surface area contributed by atoms with Crippen LogP contribution in [0.4, 0.5) is 0 Å². The summed E-state index contributed by atoms with van der Waals surface area (Å²) in [5, 5.41) is 2.48. The van der Waals surface area contributed by atoms with Crippen LogP contribution in [0.15, 0.2) is 206 Å². The van der Waals surface area contributed by atoms with Crippen LogP contribution in [0.5, 0.6) is 11.5 Å². The number of rotatable bonds is 4. The molecule has 5 nitrogen and oxygen atoms in total. The van der Waals surface area contributed by atoms with E-state index < -0.39 is 5.41 Å². The smallest absolute Gasteiger partial charge is 0.164 e. The first-order valence-corrected chi connectivity index (χ1v) is 22.7. The lowest BCUT2D eigenvalue weighted by molar-refractivity contribution is 0.436. The van der Waals surface area contributed by atoms with Gasteiger partial charge in [0.1, 0.15) is 11.5 Å². The second-order valence-electron chi connectivity index (χ2n) is 18.3. The van der Waals surface area contributed by atoms with Crippen molar-refractivity contribution in [1.29, 1.82) is 0 Å². The fourth-order valence-corrected chi connectivity index (χ4v) is 11.7. The predicted octanol–water partition coefficient (Wildman–Crippen LogP) is 14.7. The minimum Gasteiger partial charge on any atom is -0.457 e. The Morgan fingerprint density at radius 1 is 0.394 bits per heavy atom. The number of nitrogens with zero attached hydrogens (tertiary/aromatic N) is 4. The van der Waals surface area contributed by atoms with Gasteiger partial charge in [0.05, 0.1) is 16.4 Å². The first-order valence-electron chi connectivity index (χ1n) is 22.7. The Balaban J connectivity index is 0.985. The van der Waals surface area contributed by atoms with Crippen molar-refractivity contribution in [2.45, 2.75) is 24.7 Å². The monoisotopic (exact) mass is 844 g/mol. The molecule has 0 radical (unpaired) electrons. The Bertz CT molecular complexity index is 3800. The zero-order chi connectivity index (χ0) is 43.7. The summed E-state index contributed by atoms with van der Waals surface area (Å²) in [4.78, 5) is 15.9. The van der Waals surface area contributed by atoms with Crippen molar-refractivity contribution < 1.29 is 4.74 Å². The number of aromatic nitrogens is 4. The van der Waals surface area contributed by atoms with Crippen molar-refractivity contribution in [2.24, 2.45) is 0 Å². The second-order valence-corrected chi connectivity index (χ2v) is 18.3. The zero-order valence-corrected chi connectivity index (χ0v) is 36.3.